The van der Waals surface area contributed by atoms with Gasteiger partial charge in [-0.2, -0.15) is 14.6 Å². The van der Waals surface area contributed by atoms with Gasteiger partial charge in [0.1, 0.15) is 18.0 Å². The van der Waals surface area contributed by atoms with E-state index in [4.69, 9.17) is 11.6 Å². The summed E-state index contributed by atoms with van der Waals surface area (Å²) in [6.07, 6.45) is 4.29. The minimum absolute atomic E-state index is 0.294. The second kappa shape index (κ2) is 5.66. The van der Waals surface area contributed by atoms with E-state index < -0.39 is 0 Å². The van der Waals surface area contributed by atoms with Crippen LogP contribution in [0.3, 0.4) is 0 Å². The Morgan fingerprint density at radius 1 is 1.35 bits per heavy atom. The van der Waals surface area contributed by atoms with E-state index in [0.29, 0.717) is 16.8 Å². The Bertz CT molecular complexity index is 847. The first kappa shape index (κ1) is 14.2. The number of nitrogens with one attached hydrogen (secondary N) is 1. The molecule has 1 N–H and O–H groups in total. The fourth-order valence-corrected chi connectivity index (χ4v) is 3.16. The third-order valence-corrected chi connectivity index (χ3v) is 4.25. The molecule has 1 fully saturated rings. The molecule has 0 amide bonds. The monoisotopic (exact) mass is 329 g/mol. The van der Waals surface area contributed by atoms with E-state index in [1.165, 1.54) is 6.33 Å². The van der Waals surface area contributed by atoms with Crippen molar-refractivity contribution >= 4 is 29.0 Å². The van der Waals surface area contributed by atoms with Gasteiger partial charge in [0.05, 0.1) is 5.02 Å². The molecule has 0 spiro atoms. The molecule has 7 nitrogen and oxygen atoms in total. The molecule has 4 rings (SSSR count). The van der Waals surface area contributed by atoms with Gasteiger partial charge in [-0.05, 0) is 25.5 Å². The van der Waals surface area contributed by atoms with Crippen molar-refractivity contribution in [2.45, 2.75) is 19.4 Å². The maximum absolute atomic E-state index is 6.24. The molecule has 4 heterocycles. The molecule has 1 aliphatic heterocycles. The summed E-state index contributed by atoms with van der Waals surface area (Å²) in [7, 11) is 0. The molecule has 0 bridgehead atoms. The van der Waals surface area contributed by atoms with E-state index in [9.17, 15) is 0 Å². The van der Waals surface area contributed by atoms with Gasteiger partial charge in [0, 0.05) is 37.1 Å². The maximum Gasteiger partial charge on any atom is 0.254 e. The lowest BCUT2D eigenvalue weighted by Crippen LogP contribution is -2.27. The highest BCUT2D eigenvalue weighted by atomic mass is 35.5. The fraction of sp³-hybridized carbons (Fsp3) is 0.333. The summed E-state index contributed by atoms with van der Waals surface area (Å²) in [5.41, 5.74) is 0.913. The predicted molar refractivity (Wildman–Crippen MR) is 89.0 cm³/mol. The highest BCUT2D eigenvalue weighted by Gasteiger charge is 2.25. The van der Waals surface area contributed by atoms with Gasteiger partial charge < -0.3 is 10.2 Å². The first-order valence-corrected chi connectivity index (χ1v) is 7.88. The van der Waals surface area contributed by atoms with Crippen LogP contribution in [0.25, 0.3) is 5.78 Å². The van der Waals surface area contributed by atoms with Crippen molar-refractivity contribution in [1.82, 2.24) is 24.6 Å². The van der Waals surface area contributed by atoms with Crippen molar-refractivity contribution in [2.75, 3.05) is 23.3 Å². The number of nitrogens with zero attached hydrogens (tertiary/aromatic N) is 6. The molecule has 0 unspecified atom stereocenters. The molecule has 0 aromatic carbocycles. The van der Waals surface area contributed by atoms with Crippen molar-refractivity contribution in [1.29, 1.82) is 0 Å². The lowest BCUT2D eigenvalue weighted by atomic mass is 10.2. The lowest BCUT2D eigenvalue weighted by molar-refractivity contribution is 0.783. The Labute approximate surface area is 138 Å². The number of fused-ring (bicyclic) bond motifs is 1. The summed E-state index contributed by atoms with van der Waals surface area (Å²) in [5, 5.41) is 8.45. The zero-order valence-electron chi connectivity index (χ0n) is 12.6. The standard InChI is InChI=1S/C15H16ClN7/c1-10-7-13(23-15(20-10)18-9-19-23)21-11-4-6-22(8-11)14-12(16)3-2-5-17-14/h2-3,5,7,9,11,21H,4,6,8H2,1H3/t11-/m0/s1. The van der Waals surface area contributed by atoms with Crippen LogP contribution in [0.4, 0.5) is 11.6 Å². The highest BCUT2D eigenvalue weighted by Crippen LogP contribution is 2.27. The van der Waals surface area contributed by atoms with Crippen LogP contribution in [-0.4, -0.2) is 43.7 Å². The molecule has 1 atom stereocenters. The van der Waals surface area contributed by atoms with Gasteiger partial charge in [-0.25, -0.2) is 9.97 Å². The Morgan fingerprint density at radius 2 is 2.26 bits per heavy atom. The van der Waals surface area contributed by atoms with Gasteiger partial charge in [-0.3, -0.25) is 0 Å². The molecule has 1 saturated heterocycles. The Kier molecular flexibility index (Phi) is 3.49. The summed E-state index contributed by atoms with van der Waals surface area (Å²) in [5.74, 6) is 2.36. The van der Waals surface area contributed by atoms with Crippen molar-refractivity contribution in [3.63, 3.8) is 0 Å². The zero-order valence-corrected chi connectivity index (χ0v) is 13.4. The minimum Gasteiger partial charge on any atom is -0.365 e. The van der Waals surface area contributed by atoms with Crippen LogP contribution in [0, 0.1) is 6.92 Å². The van der Waals surface area contributed by atoms with Gasteiger partial charge >= 0.3 is 0 Å². The van der Waals surface area contributed by atoms with Gasteiger partial charge in [0.2, 0.25) is 0 Å². The van der Waals surface area contributed by atoms with Crippen LogP contribution in [0.5, 0.6) is 0 Å². The normalized spacial score (nSPS) is 17.8. The van der Waals surface area contributed by atoms with Crippen molar-refractivity contribution in [3.05, 3.63) is 41.4 Å². The molecular formula is C15H16ClN7. The number of rotatable bonds is 3. The third kappa shape index (κ3) is 2.68. The minimum atomic E-state index is 0.294. The number of hydrogen-bond acceptors (Lipinski definition) is 6. The summed E-state index contributed by atoms with van der Waals surface area (Å²) in [4.78, 5) is 15.1. The molecule has 0 aliphatic carbocycles. The largest absolute Gasteiger partial charge is 0.365 e. The summed E-state index contributed by atoms with van der Waals surface area (Å²) in [6, 6.07) is 5.99. The average Bonchev–Trinajstić information content (AvgIpc) is 3.17. The van der Waals surface area contributed by atoms with E-state index in [1.54, 1.807) is 10.7 Å². The molecule has 3 aromatic heterocycles. The Morgan fingerprint density at radius 3 is 3.13 bits per heavy atom. The van der Waals surface area contributed by atoms with Gasteiger partial charge in [-0.15, -0.1) is 0 Å². The van der Waals surface area contributed by atoms with E-state index in [0.717, 1.165) is 36.8 Å². The summed E-state index contributed by atoms with van der Waals surface area (Å²) >= 11 is 6.24. The number of aromatic nitrogens is 5. The van der Waals surface area contributed by atoms with E-state index in [1.807, 2.05) is 25.1 Å². The topological polar surface area (TPSA) is 71.2 Å². The second-order valence-corrected chi connectivity index (χ2v) is 6.05. The smallest absolute Gasteiger partial charge is 0.254 e. The number of anilines is 2. The van der Waals surface area contributed by atoms with Crippen molar-refractivity contribution in [2.24, 2.45) is 0 Å². The van der Waals surface area contributed by atoms with Crippen LogP contribution in [-0.2, 0) is 0 Å². The SMILES string of the molecule is Cc1cc(N[C@H]2CCN(c3ncccc3Cl)C2)n2ncnc2n1. The van der Waals surface area contributed by atoms with Crippen LogP contribution in [0.15, 0.2) is 30.7 Å². The second-order valence-electron chi connectivity index (χ2n) is 5.64. The van der Waals surface area contributed by atoms with Crippen LogP contribution < -0.4 is 10.2 Å². The molecule has 118 valence electrons. The number of pyridine rings is 1. The first-order valence-electron chi connectivity index (χ1n) is 7.50. The Balaban J connectivity index is 1.54. The predicted octanol–water partition coefficient (Wildman–Crippen LogP) is 2.17. The number of aryl methyl sites for hydroxylation is 1. The lowest BCUT2D eigenvalue weighted by Gasteiger charge is -2.19. The summed E-state index contributed by atoms with van der Waals surface area (Å²) in [6.45, 7) is 3.71. The summed E-state index contributed by atoms with van der Waals surface area (Å²) < 4.78 is 1.73. The quantitative estimate of drug-likeness (QED) is 0.794. The van der Waals surface area contributed by atoms with E-state index in [-0.39, 0.29) is 0 Å². The zero-order chi connectivity index (χ0) is 15.8. The van der Waals surface area contributed by atoms with Crippen molar-refractivity contribution in [3.8, 4) is 0 Å². The van der Waals surface area contributed by atoms with Gasteiger partial charge in [0.25, 0.3) is 5.78 Å². The van der Waals surface area contributed by atoms with Crippen molar-refractivity contribution < 1.29 is 0 Å². The highest BCUT2D eigenvalue weighted by molar-refractivity contribution is 6.32. The van der Waals surface area contributed by atoms with Gasteiger partial charge in [-0.1, -0.05) is 11.6 Å². The van der Waals surface area contributed by atoms with Gasteiger partial charge in [0.15, 0.2) is 0 Å². The molecule has 23 heavy (non-hydrogen) atoms. The van der Waals surface area contributed by atoms with E-state index >= 15 is 0 Å². The third-order valence-electron chi connectivity index (χ3n) is 3.96. The molecule has 1 aliphatic rings. The molecule has 8 heteroatoms. The molecule has 0 radical (unpaired) electrons. The van der Waals surface area contributed by atoms with Crippen LogP contribution in [0.1, 0.15) is 12.1 Å². The molecule has 0 saturated carbocycles. The van der Waals surface area contributed by atoms with Crippen LogP contribution >= 0.6 is 11.6 Å². The first-order chi connectivity index (χ1) is 11.2. The van der Waals surface area contributed by atoms with E-state index in [2.05, 4.69) is 30.3 Å². The fourth-order valence-electron chi connectivity index (χ4n) is 2.92. The van der Waals surface area contributed by atoms with Crippen LogP contribution in [0.2, 0.25) is 5.02 Å². The Hall–Kier alpha value is -2.41. The number of hydrogen-bond donors (Lipinski definition) is 1. The molecule has 3 aromatic rings. The number of halogens is 1. The molecular weight excluding hydrogens is 314 g/mol. The maximum atomic E-state index is 6.24. The average molecular weight is 330 g/mol.